The standard InChI is InChI=1S/C19H22F2N2O/c20-11-14-2-1-3-16-17(10-18(21)22-19(14)16)24-15-6-8-23(9-7-15)12-13-4-5-13/h1-3,10,13,15H,4-9,11-12H2. The van der Waals surface area contributed by atoms with Gasteiger partial charge in [-0.1, -0.05) is 12.1 Å². The zero-order valence-electron chi connectivity index (χ0n) is 13.7. The number of halogens is 2. The van der Waals surface area contributed by atoms with Crippen molar-refractivity contribution in [2.45, 2.75) is 38.5 Å². The van der Waals surface area contributed by atoms with Crippen LogP contribution in [0.2, 0.25) is 0 Å². The minimum absolute atomic E-state index is 0.0829. The fourth-order valence-electron chi connectivity index (χ4n) is 3.51. The molecule has 1 aliphatic carbocycles. The van der Waals surface area contributed by atoms with Crippen molar-refractivity contribution in [1.29, 1.82) is 0 Å². The van der Waals surface area contributed by atoms with E-state index in [4.69, 9.17) is 4.74 Å². The number of hydrogen-bond donors (Lipinski definition) is 0. The summed E-state index contributed by atoms with van der Waals surface area (Å²) in [5.74, 6) is 0.762. The van der Waals surface area contributed by atoms with Crippen LogP contribution >= 0.6 is 0 Å². The molecule has 24 heavy (non-hydrogen) atoms. The van der Waals surface area contributed by atoms with Crippen molar-refractivity contribution in [3.8, 4) is 5.75 Å². The van der Waals surface area contributed by atoms with Gasteiger partial charge >= 0.3 is 0 Å². The van der Waals surface area contributed by atoms with Gasteiger partial charge in [0.25, 0.3) is 0 Å². The highest BCUT2D eigenvalue weighted by Gasteiger charge is 2.28. The molecule has 1 aromatic carbocycles. The lowest BCUT2D eigenvalue weighted by Gasteiger charge is -2.32. The zero-order valence-corrected chi connectivity index (χ0v) is 13.7. The van der Waals surface area contributed by atoms with Crippen LogP contribution in [0.25, 0.3) is 10.9 Å². The Balaban J connectivity index is 1.50. The Bertz CT molecular complexity index is 725. The Morgan fingerprint density at radius 1 is 1.17 bits per heavy atom. The van der Waals surface area contributed by atoms with E-state index in [0.29, 0.717) is 22.2 Å². The number of ether oxygens (including phenoxy) is 1. The number of nitrogens with zero attached hydrogens (tertiary/aromatic N) is 2. The molecular weight excluding hydrogens is 310 g/mol. The molecule has 2 heterocycles. The Morgan fingerprint density at radius 3 is 2.67 bits per heavy atom. The molecule has 4 rings (SSSR count). The summed E-state index contributed by atoms with van der Waals surface area (Å²) in [4.78, 5) is 6.36. The number of likely N-dealkylation sites (tertiary alicyclic amines) is 1. The molecule has 0 radical (unpaired) electrons. The van der Waals surface area contributed by atoms with Gasteiger partial charge in [0.1, 0.15) is 18.5 Å². The van der Waals surface area contributed by atoms with Gasteiger partial charge in [0, 0.05) is 36.7 Å². The zero-order chi connectivity index (χ0) is 16.5. The Kier molecular flexibility index (Phi) is 4.35. The Labute approximate surface area is 140 Å². The summed E-state index contributed by atoms with van der Waals surface area (Å²) in [5.41, 5.74) is 0.761. The second-order valence-electron chi connectivity index (χ2n) is 6.95. The van der Waals surface area contributed by atoms with E-state index in [0.717, 1.165) is 31.8 Å². The summed E-state index contributed by atoms with van der Waals surface area (Å²) < 4.78 is 33.1. The lowest BCUT2D eigenvalue weighted by molar-refractivity contribution is 0.0989. The van der Waals surface area contributed by atoms with Gasteiger partial charge in [-0.25, -0.2) is 9.37 Å². The minimum Gasteiger partial charge on any atom is -0.489 e. The third kappa shape index (κ3) is 3.36. The normalized spacial score (nSPS) is 19.8. The molecule has 1 saturated heterocycles. The van der Waals surface area contributed by atoms with Crippen LogP contribution in [-0.4, -0.2) is 35.6 Å². The van der Waals surface area contributed by atoms with Crippen LogP contribution in [0.3, 0.4) is 0 Å². The van der Waals surface area contributed by atoms with Crippen molar-refractivity contribution < 1.29 is 13.5 Å². The van der Waals surface area contributed by atoms with Crippen LogP contribution < -0.4 is 4.74 Å². The van der Waals surface area contributed by atoms with E-state index in [2.05, 4.69) is 9.88 Å². The summed E-state index contributed by atoms with van der Waals surface area (Å²) >= 11 is 0. The smallest absolute Gasteiger partial charge is 0.217 e. The van der Waals surface area contributed by atoms with Crippen LogP contribution in [0.1, 0.15) is 31.2 Å². The molecule has 0 unspecified atom stereocenters. The highest BCUT2D eigenvalue weighted by atomic mass is 19.1. The highest BCUT2D eigenvalue weighted by molar-refractivity contribution is 5.87. The van der Waals surface area contributed by atoms with Crippen LogP contribution in [0.15, 0.2) is 24.3 Å². The van der Waals surface area contributed by atoms with Crippen molar-refractivity contribution >= 4 is 10.9 Å². The van der Waals surface area contributed by atoms with E-state index < -0.39 is 12.6 Å². The number of benzene rings is 1. The first kappa shape index (κ1) is 15.8. The van der Waals surface area contributed by atoms with Crippen LogP contribution in [0, 0.1) is 11.9 Å². The van der Waals surface area contributed by atoms with E-state index in [9.17, 15) is 8.78 Å². The average molecular weight is 332 g/mol. The third-order valence-electron chi connectivity index (χ3n) is 5.04. The molecule has 1 aromatic heterocycles. The van der Waals surface area contributed by atoms with Gasteiger partial charge in [-0.15, -0.1) is 0 Å². The molecule has 0 spiro atoms. The molecule has 128 valence electrons. The van der Waals surface area contributed by atoms with E-state index in [1.807, 2.05) is 6.07 Å². The number of aromatic nitrogens is 1. The summed E-state index contributed by atoms with van der Waals surface area (Å²) in [6.07, 6.45) is 4.71. The van der Waals surface area contributed by atoms with Gasteiger partial charge < -0.3 is 9.64 Å². The predicted octanol–water partition coefficient (Wildman–Crippen LogP) is 4.10. The van der Waals surface area contributed by atoms with Gasteiger partial charge in [0.2, 0.25) is 5.95 Å². The van der Waals surface area contributed by atoms with Crippen molar-refractivity contribution in [3.05, 3.63) is 35.8 Å². The largest absolute Gasteiger partial charge is 0.489 e. The molecule has 0 bridgehead atoms. The first-order chi connectivity index (χ1) is 11.7. The lowest BCUT2D eigenvalue weighted by Crippen LogP contribution is -2.39. The van der Waals surface area contributed by atoms with E-state index in [-0.39, 0.29) is 6.10 Å². The fraction of sp³-hybridized carbons (Fsp3) is 0.526. The summed E-state index contributed by atoms with van der Waals surface area (Å²) in [5, 5.41) is 0.687. The van der Waals surface area contributed by atoms with Crippen molar-refractivity contribution in [2.24, 2.45) is 5.92 Å². The number of piperidine rings is 1. The van der Waals surface area contributed by atoms with Gasteiger partial charge in [0.05, 0.1) is 5.52 Å². The molecule has 0 N–H and O–H groups in total. The lowest BCUT2D eigenvalue weighted by atomic mass is 10.1. The van der Waals surface area contributed by atoms with Gasteiger partial charge in [0.15, 0.2) is 0 Å². The molecule has 3 nitrogen and oxygen atoms in total. The van der Waals surface area contributed by atoms with Gasteiger partial charge in [-0.2, -0.15) is 4.39 Å². The number of rotatable bonds is 5. The first-order valence-corrected chi connectivity index (χ1v) is 8.76. The highest BCUT2D eigenvalue weighted by Crippen LogP contribution is 2.32. The summed E-state index contributed by atoms with van der Waals surface area (Å²) in [6, 6.07) is 6.54. The van der Waals surface area contributed by atoms with E-state index in [1.165, 1.54) is 25.5 Å². The first-order valence-electron chi connectivity index (χ1n) is 8.76. The molecular formula is C19H22F2N2O. The van der Waals surface area contributed by atoms with E-state index in [1.54, 1.807) is 12.1 Å². The second kappa shape index (κ2) is 6.63. The molecule has 0 amide bonds. The molecule has 1 saturated carbocycles. The molecule has 5 heteroatoms. The molecule has 1 aliphatic heterocycles. The maximum atomic E-state index is 13.9. The predicted molar refractivity (Wildman–Crippen MR) is 89.3 cm³/mol. The fourth-order valence-corrected chi connectivity index (χ4v) is 3.51. The maximum absolute atomic E-state index is 13.9. The van der Waals surface area contributed by atoms with Crippen LogP contribution in [-0.2, 0) is 6.67 Å². The van der Waals surface area contributed by atoms with Gasteiger partial charge in [-0.05, 0) is 37.7 Å². The summed E-state index contributed by atoms with van der Waals surface area (Å²) in [6.45, 7) is 2.61. The summed E-state index contributed by atoms with van der Waals surface area (Å²) in [7, 11) is 0. The molecule has 2 aromatic rings. The number of hydrogen-bond acceptors (Lipinski definition) is 3. The van der Waals surface area contributed by atoms with Crippen molar-refractivity contribution in [2.75, 3.05) is 19.6 Å². The Morgan fingerprint density at radius 2 is 1.96 bits per heavy atom. The molecule has 0 atom stereocenters. The topological polar surface area (TPSA) is 25.4 Å². The quantitative estimate of drug-likeness (QED) is 0.771. The third-order valence-corrected chi connectivity index (χ3v) is 5.04. The van der Waals surface area contributed by atoms with Crippen LogP contribution in [0.4, 0.5) is 8.78 Å². The average Bonchev–Trinajstić information content (AvgIpc) is 3.40. The van der Waals surface area contributed by atoms with Crippen LogP contribution in [0.5, 0.6) is 5.75 Å². The molecule has 2 fully saturated rings. The monoisotopic (exact) mass is 332 g/mol. The number of pyridine rings is 1. The minimum atomic E-state index is -0.660. The SMILES string of the molecule is FCc1cccc2c(OC3CCN(CC4CC4)CC3)cc(F)nc12. The van der Waals surface area contributed by atoms with Crippen molar-refractivity contribution in [3.63, 3.8) is 0 Å². The van der Waals surface area contributed by atoms with E-state index >= 15 is 0 Å². The number of fused-ring (bicyclic) bond motifs is 1. The maximum Gasteiger partial charge on any atom is 0.217 e. The van der Waals surface area contributed by atoms with Gasteiger partial charge in [-0.3, -0.25) is 0 Å². The second-order valence-corrected chi connectivity index (χ2v) is 6.95. The van der Waals surface area contributed by atoms with Crippen molar-refractivity contribution in [1.82, 2.24) is 9.88 Å². The number of para-hydroxylation sites is 1. The number of alkyl halides is 1. The molecule has 2 aliphatic rings. The Hall–Kier alpha value is -1.75.